The van der Waals surface area contributed by atoms with Crippen molar-refractivity contribution in [3.05, 3.63) is 22.4 Å². The van der Waals surface area contributed by atoms with Gasteiger partial charge >= 0.3 is 5.97 Å². The summed E-state index contributed by atoms with van der Waals surface area (Å²) in [6.45, 7) is 3.86. The maximum absolute atomic E-state index is 11.0. The zero-order valence-corrected chi connectivity index (χ0v) is 10.2. The van der Waals surface area contributed by atoms with E-state index >= 15 is 0 Å². The van der Waals surface area contributed by atoms with Gasteiger partial charge in [-0.15, -0.1) is 0 Å². The molecule has 1 aromatic rings. The second-order valence-corrected chi connectivity index (χ2v) is 5.19. The number of likely N-dealkylation sites (tertiary alicyclic amines) is 1. The monoisotopic (exact) mass is 239 g/mol. The Kier molecular flexibility index (Phi) is 3.61. The van der Waals surface area contributed by atoms with Crippen molar-refractivity contribution in [3.8, 4) is 0 Å². The van der Waals surface area contributed by atoms with Crippen LogP contribution >= 0.6 is 11.3 Å². The lowest BCUT2D eigenvalue weighted by Gasteiger charge is -2.35. The van der Waals surface area contributed by atoms with Gasteiger partial charge in [0, 0.05) is 12.6 Å². The van der Waals surface area contributed by atoms with Gasteiger partial charge in [0.05, 0.1) is 5.92 Å². The predicted octanol–water partition coefficient (Wildman–Crippen LogP) is 2.61. The highest BCUT2D eigenvalue weighted by Gasteiger charge is 2.28. The first-order valence-corrected chi connectivity index (χ1v) is 6.61. The molecule has 0 aromatic carbocycles. The number of aliphatic carboxylic acids is 1. The SMILES string of the molecule is CC(c1ccsc1)N1CCCC(C(=O)O)C1. The molecule has 0 bridgehead atoms. The standard InChI is InChI=1S/C12H17NO2S/c1-9(11-4-6-16-8-11)13-5-2-3-10(7-13)12(14)15/h4,6,8-10H,2-3,5,7H2,1H3,(H,14,15). The van der Waals surface area contributed by atoms with Gasteiger partial charge in [0.2, 0.25) is 0 Å². The van der Waals surface area contributed by atoms with E-state index < -0.39 is 5.97 Å². The Morgan fingerprint density at radius 1 is 1.69 bits per heavy atom. The molecule has 0 radical (unpaired) electrons. The summed E-state index contributed by atoms with van der Waals surface area (Å²) in [5, 5.41) is 13.3. The van der Waals surface area contributed by atoms with E-state index in [1.807, 2.05) is 0 Å². The lowest BCUT2D eigenvalue weighted by atomic mass is 9.96. The van der Waals surface area contributed by atoms with Crippen LogP contribution < -0.4 is 0 Å². The quantitative estimate of drug-likeness (QED) is 0.881. The molecular formula is C12H17NO2S. The van der Waals surface area contributed by atoms with E-state index in [9.17, 15) is 4.79 Å². The number of hydrogen-bond donors (Lipinski definition) is 1. The van der Waals surface area contributed by atoms with Crippen molar-refractivity contribution in [1.82, 2.24) is 4.90 Å². The van der Waals surface area contributed by atoms with Gasteiger partial charge in [-0.1, -0.05) is 0 Å². The fraction of sp³-hybridized carbons (Fsp3) is 0.583. The molecule has 88 valence electrons. The Morgan fingerprint density at radius 3 is 3.12 bits per heavy atom. The van der Waals surface area contributed by atoms with E-state index in [0.29, 0.717) is 12.6 Å². The minimum Gasteiger partial charge on any atom is -0.481 e. The van der Waals surface area contributed by atoms with E-state index in [1.165, 1.54) is 5.56 Å². The molecule has 1 aliphatic rings. The lowest BCUT2D eigenvalue weighted by Crippen LogP contribution is -2.39. The fourth-order valence-electron chi connectivity index (χ4n) is 2.28. The predicted molar refractivity (Wildman–Crippen MR) is 64.7 cm³/mol. The van der Waals surface area contributed by atoms with E-state index in [-0.39, 0.29) is 5.92 Å². The number of thiophene rings is 1. The van der Waals surface area contributed by atoms with Gasteiger partial charge in [-0.2, -0.15) is 11.3 Å². The van der Waals surface area contributed by atoms with Gasteiger partial charge in [0.1, 0.15) is 0 Å². The summed E-state index contributed by atoms with van der Waals surface area (Å²) in [6, 6.07) is 2.47. The average Bonchev–Trinajstić information content (AvgIpc) is 2.81. The van der Waals surface area contributed by atoms with Gasteiger partial charge in [-0.25, -0.2) is 0 Å². The number of hydrogen-bond acceptors (Lipinski definition) is 3. The molecule has 2 heterocycles. The average molecular weight is 239 g/mol. The highest BCUT2D eigenvalue weighted by molar-refractivity contribution is 7.07. The van der Waals surface area contributed by atoms with Crippen LogP contribution in [-0.4, -0.2) is 29.1 Å². The number of nitrogens with zero attached hydrogens (tertiary/aromatic N) is 1. The molecule has 1 aliphatic heterocycles. The molecule has 2 rings (SSSR count). The van der Waals surface area contributed by atoms with Crippen LogP contribution in [0, 0.1) is 5.92 Å². The summed E-state index contributed by atoms with van der Waals surface area (Å²) in [4.78, 5) is 13.3. The Labute approximate surface area is 99.7 Å². The van der Waals surface area contributed by atoms with Crippen molar-refractivity contribution >= 4 is 17.3 Å². The number of carboxylic acid groups (broad SMARTS) is 1. The van der Waals surface area contributed by atoms with Crippen LogP contribution in [-0.2, 0) is 4.79 Å². The van der Waals surface area contributed by atoms with E-state index in [4.69, 9.17) is 5.11 Å². The molecule has 1 aromatic heterocycles. The Balaban J connectivity index is 2.01. The van der Waals surface area contributed by atoms with E-state index in [2.05, 4.69) is 28.7 Å². The van der Waals surface area contributed by atoms with Gasteiger partial charge < -0.3 is 5.11 Å². The van der Waals surface area contributed by atoms with Crippen LogP contribution in [0.3, 0.4) is 0 Å². The summed E-state index contributed by atoms with van der Waals surface area (Å²) >= 11 is 1.70. The second-order valence-electron chi connectivity index (χ2n) is 4.40. The molecule has 2 unspecified atom stereocenters. The Hall–Kier alpha value is -0.870. The highest BCUT2D eigenvalue weighted by atomic mass is 32.1. The summed E-state index contributed by atoms with van der Waals surface area (Å²) in [5.74, 6) is -0.836. The van der Waals surface area contributed by atoms with Crippen molar-refractivity contribution in [2.24, 2.45) is 5.92 Å². The maximum atomic E-state index is 11.0. The van der Waals surface area contributed by atoms with Crippen molar-refractivity contribution in [2.45, 2.75) is 25.8 Å². The minimum absolute atomic E-state index is 0.185. The molecule has 0 aliphatic carbocycles. The zero-order chi connectivity index (χ0) is 11.5. The Morgan fingerprint density at radius 2 is 2.50 bits per heavy atom. The summed E-state index contributed by atoms with van der Waals surface area (Å²) in [7, 11) is 0. The summed E-state index contributed by atoms with van der Waals surface area (Å²) < 4.78 is 0. The molecule has 1 N–H and O–H groups in total. The fourth-order valence-corrected chi connectivity index (χ4v) is 3.03. The third-order valence-electron chi connectivity index (χ3n) is 3.38. The molecule has 0 amide bonds. The third-order valence-corrected chi connectivity index (χ3v) is 4.08. The summed E-state index contributed by atoms with van der Waals surface area (Å²) in [5.41, 5.74) is 1.30. The first-order chi connectivity index (χ1) is 7.68. The topological polar surface area (TPSA) is 40.5 Å². The largest absolute Gasteiger partial charge is 0.481 e. The maximum Gasteiger partial charge on any atom is 0.307 e. The summed E-state index contributed by atoms with van der Waals surface area (Å²) in [6.07, 6.45) is 1.81. The van der Waals surface area contributed by atoms with Crippen LogP contribution in [0.4, 0.5) is 0 Å². The van der Waals surface area contributed by atoms with Gasteiger partial charge in [-0.3, -0.25) is 9.69 Å². The number of rotatable bonds is 3. The molecule has 2 atom stereocenters. The lowest BCUT2D eigenvalue weighted by molar-refractivity contribution is -0.143. The van der Waals surface area contributed by atoms with Crippen LogP contribution in [0.15, 0.2) is 16.8 Å². The Bertz CT molecular complexity index is 350. The second kappa shape index (κ2) is 4.97. The van der Waals surface area contributed by atoms with E-state index in [0.717, 1.165) is 19.4 Å². The number of carboxylic acids is 1. The van der Waals surface area contributed by atoms with Crippen molar-refractivity contribution < 1.29 is 9.90 Å². The smallest absolute Gasteiger partial charge is 0.307 e. The van der Waals surface area contributed by atoms with Crippen LogP contribution in [0.2, 0.25) is 0 Å². The molecule has 16 heavy (non-hydrogen) atoms. The molecular weight excluding hydrogens is 222 g/mol. The van der Waals surface area contributed by atoms with Crippen LogP contribution in [0.25, 0.3) is 0 Å². The van der Waals surface area contributed by atoms with Crippen LogP contribution in [0.5, 0.6) is 0 Å². The molecule has 3 nitrogen and oxygen atoms in total. The van der Waals surface area contributed by atoms with Gasteiger partial charge in [0.15, 0.2) is 0 Å². The first kappa shape index (κ1) is 11.6. The number of carbonyl (C=O) groups is 1. The molecule has 0 saturated carbocycles. The number of piperidine rings is 1. The first-order valence-electron chi connectivity index (χ1n) is 5.67. The third kappa shape index (κ3) is 2.44. The molecule has 0 spiro atoms. The van der Waals surface area contributed by atoms with Gasteiger partial charge in [-0.05, 0) is 48.7 Å². The molecule has 1 saturated heterocycles. The van der Waals surface area contributed by atoms with Gasteiger partial charge in [0.25, 0.3) is 0 Å². The normalized spacial score (nSPS) is 24.2. The van der Waals surface area contributed by atoms with Crippen LogP contribution in [0.1, 0.15) is 31.4 Å². The highest BCUT2D eigenvalue weighted by Crippen LogP contribution is 2.27. The van der Waals surface area contributed by atoms with Crippen molar-refractivity contribution in [3.63, 3.8) is 0 Å². The minimum atomic E-state index is -0.651. The van der Waals surface area contributed by atoms with E-state index in [1.54, 1.807) is 11.3 Å². The molecule has 4 heteroatoms. The van der Waals surface area contributed by atoms with Crippen molar-refractivity contribution in [1.29, 1.82) is 0 Å². The molecule has 1 fully saturated rings. The zero-order valence-electron chi connectivity index (χ0n) is 9.43. The van der Waals surface area contributed by atoms with Crippen molar-refractivity contribution in [2.75, 3.05) is 13.1 Å².